The number of hydrogen-bond acceptors (Lipinski definition) is 7. The number of benzene rings is 3. The number of esters is 2. The van der Waals surface area contributed by atoms with Crippen LogP contribution < -0.4 is 9.47 Å². The number of ether oxygens (including phenoxy) is 4. The van der Waals surface area contributed by atoms with E-state index < -0.39 is 11.9 Å². The van der Waals surface area contributed by atoms with Crippen molar-refractivity contribution in [3.05, 3.63) is 76.4 Å². The summed E-state index contributed by atoms with van der Waals surface area (Å²) < 4.78 is 21.0. The Morgan fingerprint density at radius 1 is 1.09 bits per heavy atom. The summed E-state index contributed by atoms with van der Waals surface area (Å²) in [7, 11) is 1.26. The third-order valence-electron chi connectivity index (χ3n) is 4.81. The number of methoxy groups -OCH3 is 1. The molecule has 33 heavy (non-hydrogen) atoms. The van der Waals surface area contributed by atoms with E-state index in [1.54, 1.807) is 25.1 Å². The van der Waals surface area contributed by atoms with Gasteiger partial charge in [0, 0.05) is 5.56 Å². The smallest absolute Gasteiger partial charge is 0.363 e. The Bertz CT molecular complexity index is 1300. The van der Waals surface area contributed by atoms with Gasteiger partial charge in [0.15, 0.2) is 23.8 Å². The van der Waals surface area contributed by atoms with Crippen LogP contribution in [0.15, 0.2) is 65.3 Å². The van der Waals surface area contributed by atoms with Gasteiger partial charge in [0.1, 0.15) is 0 Å². The highest BCUT2D eigenvalue weighted by molar-refractivity contribution is 6.32. The van der Waals surface area contributed by atoms with E-state index in [1.165, 1.54) is 7.11 Å². The van der Waals surface area contributed by atoms with Crippen molar-refractivity contribution in [2.24, 2.45) is 4.99 Å². The van der Waals surface area contributed by atoms with Gasteiger partial charge in [-0.15, -0.1) is 0 Å². The maximum atomic E-state index is 12.5. The summed E-state index contributed by atoms with van der Waals surface area (Å²) in [6, 6.07) is 16.8. The summed E-state index contributed by atoms with van der Waals surface area (Å²) in [5.74, 6) is -0.361. The molecule has 1 aliphatic heterocycles. The summed E-state index contributed by atoms with van der Waals surface area (Å²) in [4.78, 5) is 28.2. The molecule has 0 bridgehead atoms. The lowest BCUT2D eigenvalue weighted by Crippen LogP contribution is -2.13. The number of halogens is 1. The van der Waals surface area contributed by atoms with E-state index in [0.717, 1.165) is 10.8 Å². The first-order valence-corrected chi connectivity index (χ1v) is 10.5. The second-order valence-electron chi connectivity index (χ2n) is 7.03. The summed E-state index contributed by atoms with van der Waals surface area (Å²) >= 11 is 6.36. The van der Waals surface area contributed by atoms with Gasteiger partial charge in [-0.25, -0.2) is 14.6 Å². The Kier molecular flexibility index (Phi) is 6.60. The topological polar surface area (TPSA) is 83.4 Å². The van der Waals surface area contributed by atoms with E-state index in [1.807, 2.05) is 42.5 Å². The Labute approximate surface area is 195 Å². The van der Waals surface area contributed by atoms with Crippen LogP contribution in [0.3, 0.4) is 0 Å². The number of nitrogens with zero attached hydrogens (tertiary/aromatic N) is 1. The van der Waals surface area contributed by atoms with E-state index in [0.29, 0.717) is 23.5 Å². The summed E-state index contributed by atoms with van der Waals surface area (Å²) in [6.45, 7) is 1.83. The van der Waals surface area contributed by atoms with E-state index in [-0.39, 0.29) is 29.0 Å². The van der Waals surface area contributed by atoms with E-state index in [4.69, 9.17) is 25.8 Å². The van der Waals surface area contributed by atoms with Crippen LogP contribution in [0.2, 0.25) is 5.02 Å². The molecule has 1 aliphatic rings. The molecule has 0 spiro atoms. The molecule has 1 heterocycles. The zero-order valence-corrected chi connectivity index (χ0v) is 18.7. The molecule has 4 rings (SSSR count). The van der Waals surface area contributed by atoms with Gasteiger partial charge in [-0.1, -0.05) is 41.9 Å². The minimum absolute atomic E-state index is 0.125. The van der Waals surface area contributed by atoms with Gasteiger partial charge in [-0.2, -0.15) is 0 Å². The van der Waals surface area contributed by atoms with Gasteiger partial charge < -0.3 is 18.9 Å². The average Bonchev–Trinajstić information content (AvgIpc) is 3.18. The van der Waals surface area contributed by atoms with Gasteiger partial charge in [0.25, 0.3) is 0 Å². The SMILES string of the molecule is CCOc1cc(/C=C2\N=C(c3ccc4ccccc4c3)OC2=O)cc(Cl)c1OCC(=O)OC. The fourth-order valence-electron chi connectivity index (χ4n) is 3.28. The highest BCUT2D eigenvalue weighted by Crippen LogP contribution is 2.37. The van der Waals surface area contributed by atoms with Crippen molar-refractivity contribution < 1.29 is 28.5 Å². The second-order valence-corrected chi connectivity index (χ2v) is 7.43. The van der Waals surface area contributed by atoms with Crippen molar-refractivity contribution in [3.63, 3.8) is 0 Å². The van der Waals surface area contributed by atoms with Crippen LogP contribution in [0.1, 0.15) is 18.1 Å². The van der Waals surface area contributed by atoms with Crippen molar-refractivity contribution in [1.29, 1.82) is 0 Å². The second kappa shape index (κ2) is 9.75. The van der Waals surface area contributed by atoms with Crippen molar-refractivity contribution in [2.45, 2.75) is 6.92 Å². The normalized spacial score (nSPS) is 14.2. The van der Waals surface area contributed by atoms with Gasteiger partial charge in [-0.3, -0.25) is 0 Å². The van der Waals surface area contributed by atoms with Crippen LogP contribution in [0, 0.1) is 0 Å². The zero-order chi connectivity index (χ0) is 23.4. The van der Waals surface area contributed by atoms with Crippen LogP contribution in [-0.2, 0) is 19.1 Å². The molecule has 0 amide bonds. The molecule has 0 atom stereocenters. The Morgan fingerprint density at radius 2 is 1.88 bits per heavy atom. The number of rotatable bonds is 7. The fraction of sp³-hybridized carbons (Fsp3) is 0.160. The molecule has 3 aromatic rings. The molecule has 8 heteroatoms. The van der Waals surface area contributed by atoms with Gasteiger partial charge in [-0.05, 0) is 53.6 Å². The maximum Gasteiger partial charge on any atom is 0.363 e. The maximum absolute atomic E-state index is 12.5. The largest absolute Gasteiger partial charge is 0.490 e. The van der Waals surface area contributed by atoms with E-state index in [2.05, 4.69) is 9.73 Å². The number of carbonyl (C=O) groups is 2. The molecule has 168 valence electrons. The van der Waals surface area contributed by atoms with Crippen molar-refractivity contribution >= 4 is 46.3 Å². The van der Waals surface area contributed by atoms with Gasteiger partial charge in [0.05, 0.1) is 18.7 Å². The number of fused-ring (bicyclic) bond motifs is 1. The zero-order valence-electron chi connectivity index (χ0n) is 18.0. The third-order valence-corrected chi connectivity index (χ3v) is 5.09. The lowest BCUT2D eigenvalue weighted by Gasteiger charge is -2.13. The van der Waals surface area contributed by atoms with Gasteiger partial charge >= 0.3 is 11.9 Å². The highest BCUT2D eigenvalue weighted by Gasteiger charge is 2.25. The number of cyclic esters (lactones) is 1. The van der Waals surface area contributed by atoms with E-state index >= 15 is 0 Å². The molecular formula is C25H20ClNO6. The molecule has 0 radical (unpaired) electrons. The predicted molar refractivity (Wildman–Crippen MR) is 125 cm³/mol. The fourth-order valence-corrected chi connectivity index (χ4v) is 3.55. The number of carbonyl (C=O) groups excluding carboxylic acids is 2. The first-order chi connectivity index (χ1) is 16.0. The van der Waals surface area contributed by atoms with Crippen molar-refractivity contribution in [1.82, 2.24) is 0 Å². The molecular weight excluding hydrogens is 446 g/mol. The van der Waals surface area contributed by atoms with Crippen LogP contribution >= 0.6 is 11.6 Å². The quantitative estimate of drug-likeness (QED) is 0.368. The number of aliphatic imine (C=N–C) groups is 1. The van der Waals surface area contributed by atoms with E-state index in [9.17, 15) is 9.59 Å². The first-order valence-electron chi connectivity index (χ1n) is 10.2. The van der Waals surface area contributed by atoms with Crippen LogP contribution in [-0.4, -0.2) is 38.2 Å². The first kappa shape index (κ1) is 22.4. The monoisotopic (exact) mass is 465 g/mol. The molecule has 3 aromatic carbocycles. The number of hydrogen-bond donors (Lipinski definition) is 0. The summed E-state index contributed by atoms with van der Waals surface area (Å²) in [5.41, 5.74) is 1.38. The Morgan fingerprint density at radius 3 is 2.64 bits per heavy atom. The van der Waals surface area contributed by atoms with Crippen LogP contribution in [0.5, 0.6) is 11.5 Å². The molecule has 0 unspecified atom stereocenters. The Balaban J connectivity index is 1.64. The van der Waals surface area contributed by atoms with Crippen LogP contribution in [0.4, 0.5) is 0 Å². The molecule has 0 aromatic heterocycles. The Hall–Kier alpha value is -3.84. The average molecular weight is 466 g/mol. The molecule has 0 N–H and O–H groups in total. The lowest BCUT2D eigenvalue weighted by molar-refractivity contribution is -0.143. The lowest BCUT2D eigenvalue weighted by atomic mass is 10.1. The minimum Gasteiger partial charge on any atom is -0.490 e. The molecule has 0 aliphatic carbocycles. The molecule has 0 saturated carbocycles. The highest BCUT2D eigenvalue weighted by atomic mass is 35.5. The molecule has 0 saturated heterocycles. The van der Waals surface area contributed by atoms with Crippen molar-refractivity contribution in [2.75, 3.05) is 20.3 Å². The predicted octanol–water partition coefficient (Wildman–Crippen LogP) is 4.79. The molecule has 7 nitrogen and oxygen atoms in total. The van der Waals surface area contributed by atoms with Gasteiger partial charge in [0.2, 0.25) is 5.90 Å². The summed E-state index contributed by atoms with van der Waals surface area (Å²) in [5, 5.41) is 2.30. The third kappa shape index (κ3) is 4.99. The standard InChI is InChI=1S/C25H20ClNO6/c1-3-31-21-12-15(10-19(26)23(21)32-14-22(28)30-2)11-20-25(29)33-24(27-20)18-9-8-16-6-4-5-7-17(16)13-18/h4-13H,3,14H2,1-2H3/b20-11-. The molecule has 0 fully saturated rings. The minimum atomic E-state index is -0.571. The summed E-state index contributed by atoms with van der Waals surface area (Å²) in [6.07, 6.45) is 1.55. The van der Waals surface area contributed by atoms with Crippen molar-refractivity contribution in [3.8, 4) is 11.5 Å². The van der Waals surface area contributed by atoms with Crippen LogP contribution in [0.25, 0.3) is 16.8 Å².